The molecule has 2 aromatic carbocycles. The Morgan fingerprint density at radius 2 is 1.59 bits per heavy atom. The standard InChI is InChI=1S/C18H15Cl3N2O4/c19-11-2-1-3-13(8-11)22-16(24)6-7-18(26)27-10-17(25)23-15-5-4-12(20)9-14(15)21/h1-5,8-9H,6-7,10H2,(H,22,24)(H,23,25). The van der Waals surface area contributed by atoms with Gasteiger partial charge in [0.2, 0.25) is 5.91 Å². The molecule has 27 heavy (non-hydrogen) atoms. The molecule has 6 nitrogen and oxygen atoms in total. The molecule has 2 N–H and O–H groups in total. The number of hydrogen-bond acceptors (Lipinski definition) is 4. The highest BCUT2D eigenvalue weighted by atomic mass is 35.5. The Kier molecular flexibility index (Phi) is 7.91. The fraction of sp³-hybridized carbons (Fsp3) is 0.167. The summed E-state index contributed by atoms with van der Waals surface area (Å²) in [4.78, 5) is 35.3. The lowest BCUT2D eigenvalue weighted by molar-refractivity contribution is -0.147. The Labute approximate surface area is 170 Å². The van der Waals surface area contributed by atoms with Gasteiger partial charge in [-0.3, -0.25) is 14.4 Å². The van der Waals surface area contributed by atoms with Crippen LogP contribution in [0.5, 0.6) is 0 Å². The van der Waals surface area contributed by atoms with Gasteiger partial charge < -0.3 is 15.4 Å². The van der Waals surface area contributed by atoms with Crippen molar-refractivity contribution in [2.24, 2.45) is 0 Å². The minimum atomic E-state index is -0.673. The largest absolute Gasteiger partial charge is 0.456 e. The number of esters is 1. The molecule has 2 rings (SSSR count). The lowest BCUT2D eigenvalue weighted by Gasteiger charge is -2.08. The second kappa shape index (κ2) is 10.2. The van der Waals surface area contributed by atoms with Crippen molar-refractivity contribution >= 4 is 64.0 Å². The van der Waals surface area contributed by atoms with Gasteiger partial charge in [0.15, 0.2) is 6.61 Å². The smallest absolute Gasteiger partial charge is 0.306 e. The minimum absolute atomic E-state index is 0.0873. The van der Waals surface area contributed by atoms with Gasteiger partial charge in [-0.25, -0.2) is 0 Å². The topological polar surface area (TPSA) is 84.5 Å². The molecule has 2 aromatic rings. The number of ether oxygens (including phenoxy) is 1. The molecule has 0 aliphatic carbocycles. The number of anilines is 2. The van der Waals surface area contributed by atoms with E-state index in [1.165, 1.54) is 12.1 Å². The lowest BCUT2D eigenvalue weighted by atomic mass is 10.2. The molecular weight excluding hydrogens is 415 g/mol. The molecule has 0 aliphatic rings. The summed E-state index contributed by atoms with van der Waals surface area (Å²) in [5.41, 5.74) is 0.878. The van der Waals surface area contributed by atoms with Crippen molar-refractivity contribution in [3.63, 3.8) is 0 Å². The van der Waals surface area contributed by atoms with Crippen LogP contribution in [0, 0.1) is 0 Å². The summed E-state index contributed by atoms with van der Waals surface area (Å²) < 4.78 is 4.84. The third kappa shape index (κ3) is 7.46. The van der Waals surface area contributed by atoms with E-state index < -0.39 is 18.5 Å². The first kappa shape index (κ1) is 21.0. The van der Waals surface area contributed by atoms with E-state index in [1.807, 2.05) is 0 Å². The fourth-order valence-electron chi connectivity index (χ4n) is 2.00. The van der Waals surface area contributed by atoms with Crippen LogP contribution in [0.2, 0.25) is 15.1 Å². The SMILES string of the molecule is O=C(CCC(=O)OCC(=O)Nc1ccc(Cl)cc1Cl)Nc1cccc(Cl)c1. The average molecular weight is 430 g/mol. The number of rotatable bonds is 7. The van der Waals surface area contributed by atoms with Crippen LogP contribution in [0.3, 0.4) is 0 Å². The number of nitrogens with one attached hydrogen (secondary N) is 2. The van der Waals surface area contributed by atoms with Crippen LogP contribution >= 0.6 is 34.8 Å². The maximum absolute atomic E-state index is 11.8. The van der Waals surface area contributed by atoms with Crippen LogP contribution in [0.15, 0.2) is 42.5 Å². The summed E-state index contributed by atoms with van der Waals surface area (Å²) >= 11 is 17.5. The quantitative estimate of drug-likeness (QED) is 0.633. The van der Waals surface area contributed by atoms with Gasteiger partial charge in [0.1, 0.15) is 0 Å². The van der Waals surface area contributed by atoms with Crippen LogP contribution in [0.4, 0.5) is 11.4 Å². The molecule has 9 heteroatoms. The Hall–Kier alpha value is -2.28. The number of amides is 2. The van der Waals surface area contributed by atoms with Gasteiger partial charge in [-0.05, 0) is 36.4 Å². The average Bonchev–Trinajstić information content (AvgIpc) is 2.60. The molecule has 0 unspecified atom stereocenters. The van der Waals surface area contributed by atoms with Crippen molar-refractivity contribution in [1.29, 1.82) is 0 Å². The molecule has 142 valence electrons. The zero-order valence-corrected chi connectivity index (χ0v) is 16.2. The molecule has 0 atom stereocenters. The predicted octanol–water partition coefficient (Wildman–Crippen LogP) is 4.55. The number of carbonyl (C=O) groups is 3. The van der Waals surface area contributed by atoms with E-state index in [0.29, 0.717) is 21.4 Å². The van der Waals surface area contributed by atoms with Crippen LogP contribution < -0.4 is 10.6 Å². The molecule has 2 amide bonds. The van der Waals surface area contributed by atoms with Crippen molar-refractivity contribution in [1.82, 2.24) is 0 Å². The monoisotopic (exact) mass is 428 g/mol. The van der Waals surface area contributed by atoms with E-state index in [2.05, 4.69) is 10.6 Å². The molecule has 0 spiro atoms. The minimum Gasteiger partial charge on any atom is -0.456 e. The van der Waals surface area contributed by atoms with Crippen molar-refractivity contribution < 1.29 is 19.1 Å². The van der Waals surface area contributed by atoms with Gasteiger partial charge >= 0.3 is 5.97 Å². The summed E-state index contributed by atoms with van der Waals surface area (Å²) in [7, 11) is 0. The van der Waals surface area contributed by atoms with Gasteiger partial charge in [0, 0.05) is 22.2 Å². The Morgan fingerprint density at radius 3 is 2.30 bits per heavy atom. The first-order chi connectivity index (χ1) is 12.8. The van der Waals surface area contributed by atoms with Gasteiger partial charge in [0.25, 0.3) is 5.91 Å². The van der Waals surface area contributed by atoms with Gasteiger partial charge in [0.05, 0.1) is 17.1 Å². The molecule has 0 saturated carbocycles. The molecule has 0 heterocycles. The van der Waals surface area contributed by atoms with Crippen LogP contribution in [-0.2, 0) is 19.1 Å². The maximum atomic E-state index is 11.8. The van der Waals surface area contributed by atoms with Crippen LogP contribution in [0.25, 0.3) is 0 Å². The third-order valence-electron chi connectivity index (χ3n) is 3.23. The summed E-state index contributed by atoms with van der Waals surface area (Å²) in [6, 6.07) is 11.2. The number of hydrogen-bond donors (Lipinski definition) is 2. The lowest BCUT2D eigenvalue weighted by Crippen LogP contribution is -2.22. The van der Waals surface area contributed by atoms with Crippen LogP contribution in [-0.4, -0.2) is 24.4 Å². The van der Waals surface area contributed by atoms with Crippen molar-refractivity contribution in [3.8, 4) is 0 Å². The summed E-state index contributed by atoms with van der Waals surface area (Å²) in [5.74, 6) is -1.60. The molecule has 0 saturated heterocycles. The molecule has 0 aliphatic heterocycles. The van der Waals surface area contributed by atoms with E-state index in [0.717, 1.165) is 0 Å². The predicted molar refractivity (Wildman–Crippen MR) is 105 cm³/mol. The zero-order valence-electron chi connectivity index (χ0n) is 13.9. The first-order valence-electron chi connectivity index (χ1n) is 7.79. The van der Waals surface area contributed by atoms with E-state index >= 15 is 0 Å². The van der Waals surface area contributed by atoms with E-state index in [9.17, 15) is 14.4 Å². The maximum Gasteiger partial charge on any atom is 0.306 e. The van der Waals surface area contributed by atoms with E-state index in [1.54, 1.807) is 30.3 Å². The Morgan fingerprint density at radius 1 is 0.852 bits per heavy atom. The fourth-order valence-corrected chi connectivity index (χ4v) is 2.65. The normalized spacial score (nSPS) is 10.2. The highest BCUT2D eigenvalue weighted by Crippen LogP contribution is 2.25. The summed E-state index contributed by atoms with van der Waals surface area (Å²) in [6.45, 7) is -0.492. The zero-order chi connectivity index (χ0) is 19.8. The van der Waals surface area contributed by atoms with E-state index in [4.69, 9.17) is 39.5 Å². The van der Waals surface area contributed by atoms with E-state index in [-0.39, 0.29) is 23.8 Å². The van der Waals surface area contributed by atoms with Crippen LogP contribution in [0.1, 0.15) is 12.8 Å². The van der Waals surface area contributed by atoms with Gasteiger partial charge in [-0.15, -0.1) is 0 Å². The third-order valence-corrected chi connectivity index (χ3v) is 4.02. The number of carbonyl (C=O) groups excluding carboxylic acids is 3. The summed E-state index contributed by atoms with van der Waals surface area (Å²) in [5, 5.41) is 6.29. The van der Waals surface area contributed by atoms with Gasteiger partial charge in [-0.2, -0.15) is 0 Å². The van der Waals surface area contributed by atoms with Crippen molar-refractivity contribution in [2.45, 2.75) is 12.8 Å². The Balaban J connectivity index is 1.70. The van der Waals surface area contributed by atoms with Crippen molar-refractivity contribution in [2.75, 3.05) is 17.2 Å². The molecular formula is C18H15Cl3N2O4. The number of halogens is 3. The Bertz CT molecular complexity index is 858. The molecule has 0 radical (unpaired) electrons. The van der Waals surface area contributed by atoms with Gasteiger partial charge in [-0.1, -0.05) is 40.9 Å². The highest BCUT2D eigenvalue weighted by molar-refractivity contribution is 6.36. The highest BCUT2D eigenvalue weighted by Gasteiger charge is 2.12. The second-order valence-electron chi connectivity index (χ2n) is 5.39. The second-order valence-corrected chi connectivity index (χ2v) is 6.67. The molecule has 0 bridgehead atoms. The first-order valence-corrected chi connectivity index (χ1v) is 8.93. The summed E-state index contributed by atoms with van der Waals surface area (Å²) in [6.07, 6.45) is -0.253. The number of benzene rings is 2. The van der Waals surface area contributed by atoms with Crippen molar-refractivity contribution in [3.05, 3.63) is 57.5 Å². The molecule has 0 fully saturated rings. The molecule has 0 aromatic heterocycles.